The third-order valence-corrected chi connectivity index (χ3v) is 3.45. The molecule has 7 heteroatoms. The predicted molar refractivity (Wildman–Crippen MR) is 80.4 cm³/mol. The van der Waals surface area contributed by atoms with Crippen LogP contribution < -0.4 is 10.1 Å². The molecule has 0 radical (unpaired) electrons. The minimum absolute atomic E-state index is 0.0297. The lowest BCUT2D eigenvalue weighted by Crippen LogP contribution is -2.27. The van der Waals surface area contributed by atoms with Crippen LogP contribution in [0.3, 0.4) is 0 Å². The lowest BCUT2D eigenvalue weighted by Gasteiger charge is -2.17. The van der Waals surface area contributed by atoms with Crippen molar-refractivity contribution in [3.05, 3.63) is 64.4 Å². The molecule has 3 nitrogen and oxygen atoms in total. The zero-order valence-electron chi connectivity index (χ0n) is 12.0. The summed E-state index contributed by atoms with van der Waals surface area (Å²) < 4.78 is 42.1. The van der Waals surface area contributed by atoms with Crippen LogP contribution in [-0.2, 0) is 0 Å². The van der Waals surface area contributed by atoms with Crippen LogP contribution in [0.1, 0.15) is 28.9 Å². The summed E-state index contributed by atoms with van der Waals surface area (Å²) in [5.41, 5.74) is 0.478. The number of carbonyl (C=O) groups excluding carboxylic acids is 1. The summed E-state index contributed by atoms with van der Waals surface area (Å²) in [6.45, 7) is -1.39. The van der Waals surface area contributed by atoms with Gasteiger partial charge in [-0.25, -0.2) is 4.39 Å². The maximum absolute atomic E-state index is 13.1. The zero-order valence-corrected chi connectivity index (χ0v) is 12.8. The summed E-state index contributed by atoms with van der Waals surface area (Å²) in [6.07, 6.45) is 0. The first-order valence-electron chi connectivity index (χ1n) is 6.68. The molecule has 0 saturated carbocycles. The number of amides is 1. The Bertz CT molecular complexity index is 709. The smallest absolute Gasteiger partial charge is 0.387 e. The quantitative estimate of drug-likeness (QED) is 0.863. The van der Waals surface area contributed by atoms with Gasteiger partial charge in [0.05, 0.1) is 11.6 Å². The Balaban J connectivity index is 2.18. The summed E-state index contributed by atoms with van der Waals surface area (Å²) in [4.78, 5) is 12.3. The molecule has 0 aliphatic carbocycles. The summed E-state index contributed by atoms with van der Waals surface area (Å²) in [5, 5.41) is 2.78. The molecule has 0 bridgehead atoms. The van der Waals surface area contributed by atoms with Crippen molar-refractivity contribution in [3.63, 3.8) is 0 Å². The molecule has 0 fully saturated rings. The summed E-state index contributed by atoms with van der Waals surface area (Å²) >= 11 is 5.94. The first kappa shape index (κ1) is 17.1. The number of rotatable bonds is 5. The van der Waals surface area contributed by atoms with Gasteiger partial charge in [0.2, 0.25) is 0 Å². The molecule has 1 amide bonds. The molecule has 122 valence electrons. The van der Waals surface area contributed by atoms with Crippen LogP contribution in [0, 0.1) is 5.82 Å². The van der Waals surface area contributed by atoms with Crippen molar-refractivity contribution in [3.8, 4) is 5.75 Å². The molecular weight excluding hydrogens is 331 g/mol. The van der Waals surface area contributed by atoms with Gasteiger partial charge in [-0.05, 0) is 36.8 Å². The van der Waals surface area contributed by atoms with E-state index >= 15 is 0 Å². The second-order valence-electron chi connectivity index (χ2n) is 4.74. The molecule has 0 aliphatic rings. The highest BCUT2D eigenvalue weighted by atomic mass is 35.5. The average molecular weight is 344 g/mol. The van der Waals surface area contributed by atoms with E-state index in [1.807, 2.05) is 0 Å². The molecule has 0 aliphatic heterocycles. The molecule has 0 heterocycles. The Morgan fingerprint density at radius 2 is 1.91 bits per heavy atom. The van der Waals surface area contributed by atoms with Gasteiger partial charge in [0.25, 0.3) is 5.91 Å². The van der Waals surface area contributed by atoms with Crippen molar-refractivity contribution in [2.24, 2.45) is 0 Å². The van der Waals surface area contributed by atoms with Gasteiger partial charge in [-0.3, -0.25) is 4.79 Å². The highest BCUT2D eigenvalue weighted by Gasteiger charge is 2.18. The molecule has 1 atom stereocenters. The molecule has 1 N–H and O–H groups in total. The minimum Gasteiger partial charge on any atom is -0.434 e. The minimum atomic E-state index is -3.03. The van der Waals surface area contributed by atoms with E-state index in [-0.39, 0.29) is 16.3 Å². The highest BCUT2D eigenvalue weighted by Crippen LogP contribution is 2.25. The Hall–Kier alpha value is -2.21. The lowest BCUT2D eigenvalue weighted by atomic mass is 10.1. The van der Waals surface area contributed by atoms with Gasteiger partial charge in [0.1, 0.15) is 11.6 Å². The topological polar surface area (TPSA) is 38.3 Å². The van der Waals surface area contributed by atoms with Gasteiger partial charge in [-0.1, -0.05) is 29.8 Å². The maximum Gasteiger partial charge on any atom is 0.387 e. The summed E-state index contributed by atoms with van der Waals surface area (Å²) in [5.74, 6) is -1.32. The number of hydrogen-bond donors (Lipinski definition) is 1. The SMILES string of the molecule is CC(NC(=O)c1ccccc1OC(F)F)c1ccc(F)cc1Cl. The fourth-order valence-corrected chi connectivity index (χ4v) is 2.39. The first-order chi connectivity index (χ1) is 10.9. The lowest BCUT2D eigenvalue weighted by molar-refractivity contribution is -0.0501. The molecule has 0 aromatic heterocycles. The van der Waals surface area contributed by atoms with Crippen molar-refractivity contribution < 1.29 is 22.7 Å². The fraction of sp³-hybridized carbons (Fsp3) is 0.188. The molecular formula is C16H13ClF3NO2. The van der Waals surface area contributed by atoms with E-state index in [0.29, 0.717) is 5.56 Å². The standard InChI is InChI=1S/C16H13ClF3NO2/c1-9(11-7-6-10(18)8-13(11)17)21-15(22)12-4-2-3-5-14(12)23-16(19)20/h2-9,16H,1H3,(H,21,22). The summed E-state index contributed by atoms with van der Waals surface area (Å²) in [6, 6.07) is 8.91. The van der Waals surface area contributed by atoms with E-state index in [2.05, 4.69) is 10.1 Å². The van der Waals surface area contributed by atoms with Crippen LogP contribution in [0.15, 0.2) is 42.5 Å². The van der Waals surface area contributed by atoms with Gasteiger partial charge in [0, 0.05) is 5.02 Å². The Kier molecular flexibility index (Phi) is 5.50. The van der Waals surface area contributed by atoms with Crippen LogP contribution >= 0.6 is 11.6 Å². The van der Waals surface area contributed by atoms with Crippen molar-refractivity contribution in [1.29, 1.82) is 0 Å². The van der Waals surface area contributed by atoms with Crippen LogP contribution in [0.4, 0.5) is 13.2 Å². The summed E-state index contributed by atoms with van der Waals surface area (Å²) in [7, 11) is 0. The Morgan fingerprint density at radius 3 is 2.57 bits per heavy atom. The molecule has 2 aromatic carbocycles. The number of ether oxygens (including phenoxy) is 1. The number of para-hydroxylation sites is 1. The van der Waals surface area contributed by atoms with E-state index in [0.717, 1.165) is 6.07 Å². The molecule has 2 rings (SSSR count). The molecule has 1 unspecified atom stereocenters. The third-order valence-electron chi connectivity index (χ3n) is 3.12. The van der Waals surface area contributed by atoms with Crippen molar-refractivity contribution in [1.82, 2.24) is 5.32 Å². The second kappa shape index (κ2) is 7.37. The molecule has 2 aromatic rings. The normalized spacial score (nSPS) is 12.1. The Labute approximate surface area is 136 Å². The van der Waals surface area contributed by atoms with Crippen LogP contribution in [-0.4, -0.2) is 12.5 Å². The van der Waals surface area contributed by atoms with E-state index in [4.69, 9.17) is 11.6 Å². The van der Waals surface area contributed by atoms with Crippen molar-refractivity contribution in [2.75, 3.05) is 0 Å². The number of alkyl halides is 2. The number of hydrogen-bond acceptors (Lipinski definition) is 2. The molecule has 23 heavy (non-hydrogen) atoms. The van der Waals surface area contributed by atoms with Gasteiger partial charge in [-0.2, -0.15) is 8.78 Å². The second-order valence-corrected chi connectivity index (χ2v) is 5.14. The maximum atomic E-state index is 13.1. The predicted octanol–water partition coefficient (Wildman–Crippen LogP) is 4.57. The van der Waals surface area contributed by atoms with Crippen molar-refractivity contribution >= 4 is 17.5 Å². The van der Waals surface area contributed by atoms with E-state index in [9.17, 15) is 18.0 Å². The van der Waals surface area contributed by atoms with Crippen LogP contribution in [0.2, 0.25) is 5.02 Å². The van der Waals surface area contributed by atoms with E-state index in [1.54, 1.807) is 6.92 Å². The zero-order chi connectivity index (χ0) is 17.0. The number of nitrogens with one attached hydrogen (secondary N) is 1. The third kappa shape index (κ3) is 4.39. The molecule has 0 spiro atoms. The van der Waals surface area contributed by atoms with Gasteiger partial charge in [0.15, 0.2) is 0 Å². The fourth-order valence-electron chi connectivity index (χ4n) is 2.06. The molecule has 0 saturated heterocycles. The first-order valence-corrected chi connectivity index (χ1v) is 7.06. The number of carbonyl (C=O) groups is 1. The number of halogens is 4. The van der Waals surface area contributed by atoms with Crippen LogP contribution in [0.5, 0.6) is 5.75 Å². The van der Waals surface area contributed by atoms with Crippen LogP contribution in [0.25, 0.3) is 0 Å². The van der Waals surface area contributed by atoms with E-state index < -0.39 is 24.4 Å². The average Bonchev–Trinajstić information content (AvgIpc) is 2.46. The van der Waals surface area contributed by atoms with Gasteiger partial charge < -0.3 is 10.1 Å². The van der Waals surface area contributed by atoms with Gasteiger partial charge >= 0.3 is 6.61 Å². The number of benzene rings is 2. The monoisotopic (exact) mass is 343 g/mol. The van der Waals surface area contributed by atoms with E-state index in [1.165, 1.54) is 36.4 Å². The van der Waals surface area contributed by atoms with Crippen molar-refractivity contribution in [2.45, 2.75) is 19.6 Å². The van der Waals surface area contributed by atoms with Gasteiger partial charge in [-0.15, -0.1) is 0 Å². The largest absolute Gasteiger partial charge is 0.434 e. The highest BCUT2D eigenvalue weighted by molar-refractivity contribution is 6.31. The Morgan fingerprint density at radius 1 is 1.22 bits per heavy atom.